The molecule has 134 valence electrons. The largest absolute Gasteiger partial charge is 0.351 e. The Bertz CT molecular complexity index is 685. The molecule has 1 fully saturated rings. The Morgan fingerprint density at radius 2 is 2.24 bits per heavy atom. The van der Waals surface area contributed by atoms with E-state index in [0.717, 1.165) is 37.6 Å². The molecule has 2 aromatic rings. The molecule has 0 bridgehead atoms. The third kappa shape index (κ3) is 4.33. The van der Waals surface area contributed by atoms with E-state index in [0.29, 0.717) is 6.04 Å². The van der Waals surface area contributed by atoms with Crippen molar-refractivity contribution >= 4 is 17.5 Å². The van der Waals surface area contributed by atoms with E-state index in [1.807, 2.05) is 32.0 Å². The monoisotopic (exact) mass is 343 g/mol. The molecule has 1 atom stereocenters. The van der Waals surface area contributed by atoms with Crippen molar-refractivity contribution in [2.24, 2.45) is 0 Å². The highest BCUT2D eigenvalue weighted by molar-refractivity contribution is 5.91. The summed E-state index contributed by atoms with van der Waals surface area (Å²) in [4.78, 5) is 14.4. The maximum Gasteiger partial charge on any atom is 0.239 e. The van der Waals surface area contributed by atoms with E-state index in [4.69, 9.17) is 0 Å². The summed E-state index contributed by atoms with van der Waals surface area (Å²) >= 11 is 0. The first-order valence-corrected chi connectivity index (χ1v) is 8.73. The molecule has 0 unspecified atom stereocenters. The quantitative estimate of drug-likeness (QED) is 0.791. The van der Waals surface area contributed by atoms with Crippen LogP contribution < -0.4 is 15.5 Å². The molecule has 1 saturated heterocycles. The Balaban J connectivity index is 1.47. The lowest BCUT2D eigenvalue weighted by molar-refractivity contribution is -0.115. The summed E-state index contributed by atoms with van der Waals surface area (Å²) in [5.74, 6) is 1.56. The van der Waals surface area contributed by atoms with E-state index in [1.165, 1.54) is 0 Å². The zero-order valence-corrected chi connectivity index (χ0v) is 14.7. The van der Waals surface area contributed by atoms with Crippen LogP contribution in [0.1, 0.15) is 32.7 Å². The number of anilines is 2. The molecule has 0 saturated carbocycles. The first-order chi connectivity index (χ1) is 12.1. The highest BCUT2D eigenvalue weighted by Crippen LogP contribution is 2.22. The zero-order chi connectivity index (χ0) is 17.6. The van der Waals surface area contributed by atoms with Gasteiger partial charge >= 0.3 is 0 Å². The molecular weight excluding hydrogens is 318 g/mol. The van der Waals surface area contributed by atoms with Gasteiger partial charge in [0.2, 0.25) is 5.91 Å². The Hall–Kier alpha value is -2.48. The number of amides is 1. The summed E-state index contributed by atoms with van der Waals surface area (Å²) in [6, 6.07) is 6.23. The van der Waals surface area contributed by atoms with E-state index >= 15 is 0 Å². The number of aromatic nitrogens is 4. The van der Waals surface area contributed by atoms with Gasteiger partial charge in [0, 0.05) is 37.4 Å². The fourth-order valence-corrected chi connectivity index (χ4v) is 3.16. The number of nitrogens with one attached hydrogen (secondary N) is 2. The molecule has 3 rings (SSSR count). The minimum absolute atomic E-state index is 0.0635. The topological polar surface area (TPSA) is 88.0 Å². The van der Waals surface area contributed by atoms with Gasteiger partial charge in [-0.2, -0.15) is 10.2 Å². The average molecular weight is 343 g/mol. The van der Waals surface area contributed by atoms with Gasteiger partial charge in [-0.1, -0.05) is 0 Å². The van der Waals surface area contributed by atoms with Crippen molar-refractivity contribution in [3.8, 4) is 0 Å². The molecule has 0 aliphatic carbocycles. The second kappa shape index (κ2) is 8.06. The van der Waals surface area contributed by atoms with Crippen molar-refractivity contribution in [2.75, 3.05) is 29.9 Å². The van der Waals surface area contributed by atoms with Gasteiger partial charge in [0.1, 0.15) is 5.82 Å². The molecule has 0 radical (unpaired) electrons. The van der Waals surface area contributed by atoms with Gasteiger partial charge in [-0.15, -0.1) is 5.10 Å². The number of hydrogen-bond acceptors (Lipinski definition) is 6. The minimum atomic E-state index is -0.0635. The lowest BCUT2D eigenvalue weighted by Crippen LogP contribution is -2.41. The summed E-state index contributed by atoms with van der Waals surface area (Å²) in [5.41, 5.74) is 0. The maximum atomic E-state index is 12.2. The maximum absolute atomic E-state index is 12.2. The number of carbonyl (C=O) groups excluding carboxylic acids is 1. The number of carbonyl (C=O) groups is 1. The Morgan fingerprint density at radius 1 is 1.36 bits per heavy atom. The van der Waals surface area contributed by atoms with Crippen molar-refractivity contribution in [1.82, 2.24) is 25.3 Å². The first-order valence-electron chi connectivity index (χ1n) is 8.73. The smallest absolute Gasteiger partial charge is 0.239 e. The predicted octanol–water partition coefficient (Wildman–Crippen LogP) is 1.45. The van der Waals surface area contributed by atoms with Gasteiger partial charge in [-0.3, -0.25) is 4.79 Å². The van der Waals surface area contributed by atoms with Crippen LogP contribution in [0.15, 0.2) is 30.6 Å². The predicted molar refractivity (Wildman–Crippen MR) is 96.5 cm³/mol. The molecule has 3 heterocycles. The van der Waals surface area contributed by atoms with E-state index in [1.54, 1.807) is 17.1 Å². The van der Waals surface area contributed by atoms with Gasteiger partial charge in [0.25, 0.3) is 0 Å². The van der Waals surface area contributed by atoms with Gasteiger partial charge in [-0.05, 0) is 38.8 Å². The third-order valence-corrected chi connectivity index (χ3v) is 4.32. The molecule has 1 aliphatic rings. The van der Waals surface area contributed by atoms with Crippen LogP contribution in [0.3, 0.4) is 0 Å². The Morgan fingerprint density at radius 3 is 3.00 bits per heavy atom. The molecule has 25 heavy (non-hydrogen) atoms. The van der Waals surface area contributed by atoms with Crippen molar-refractivity contribution in [1.29, 1.82) is 0 Å². The summed E-state index contributed by atoms with van der Waals surface area (Å²) < 4.78 is 1.80. The summed E-state index contributed by atoms with van der Waals surface area (Å²) in [6.07, 6.45) is 5.59. The van der Waals surface area contributed by atoms with Gasteiger partial charge in [0.15, 0.2) is 5.82 Å². The number of hydrogen-bond donors (Lipinski definition) is 2. The van der Waals surface area contributed by atoms with Crippen molar-refractivity contribution in [3.63, 3.8) is 0 Å². The summed E-state index contributed by atoms with van der Waals surface area (Å²) in [5, 5.41) is 18.5. The van der Waals surface area contributed by atoms with Crippen LogP contribution >= 0.6 is 0 Å². The molecule has 0 aromatic carbocycles. The van der Waals surface area contributed by atoms with Crippen LogP contribution in [-0.4, -0.2) is 51.6 Å². The number of nitrogens with zero attached hydrogens (tertiary/aromatic N) is 5. The van der Waals surface area contributed by atoms with E-state index in [9.17, 15) is 4.79 Å². The van der Waals surface area contributed by atoms with Crippen LogP contribution in [0.5, 0.6) is 0 Å². The average Bonchev–Trinajstić information content (AvgIpc) is 3.25. The number of rotatable bonds is 7. The zero-order valence-electron chi connectivity index (χ0n) is 14.7. The minimum Gasteiger partial charge on any atom is -0.351 e. The summed E-state index contributed by atoms with van der Waals surface area (Å²) in [7, 11) is 0. The van der Waals surface area contributed by atoms with Gasteiger partial charge in [-0.25, -0.2) is 4.68 Å². The summed E-state index contributed by atoms with van der Waals surface area (Å²) in [6.45, 7) is 6.05. The van der Waals surface area contributed by atoms with Crippen LogP contribution in [0.2, 0.25) is 0 Å². The second-order valence-corrected chi connectivity index (χ2v) is 6.51. The molecule has 8 heteroatoms. The highest BCUT2D eigenvalue weighted by atomic mass is 16.2. The Labute approximate surface area is 147 Å². The normalized spacial score (nSPS) is 17.2. The highest BCUT2D eigenvalue weighted by Gasteiger charge is 2.25. The van der Waals surface area contributed by atoms with Crippen molar-refractivity contribution in [2.45, 2.75) is 38.8 Å². The van der Waals surface area contributed by atoms with Crippen LogP contribution in [0.25, 0.3) is 0 Å². The molecule has 8 nitrogen and oxygen atoms in total. The second-order valence-electron chi connectivity index (χ2n) is 6.51. The van der Waals surface area contributed by atoms with Gasteiger partial charge < -0.3 is 15.5 Å². The van der Waals surface area contributed by atoms with Crippen LogP contribution in [0.4, 0.5) is 11.6 Å². The molecule has 0 spiro atoms. The lowest BCUT2D eigenvalue weighted by atomic mass is 10.2. The molecular formula is C17H25N7O. The molecule has 1 aliphatic heterocycles. The standard InChI is InChI=1S/C17H25N7O/c1-13(2)24-15(7-9-20-24)21-17(25)12-18-11-14-5-4-10-23(14)16-6-3-8-19-22-16/h3,6-9,13-14,18H,4-5,10-12H2,1-2H3,(H,21,25)/t14-/m0/s1. The van der Waals surface area contributed by atoms with Crippen LogP contribution in [-0.2, 0) is 4.79 Å². The lowest BCUT2D eigenvalue weighted by Gasteiger charge is -2.25. The molecule has 2 aromatic heterocycles. The Kier molecular flexibility index (Phi) is 5.60. The SMILES string of the molecule is CC(C)n1nccc1NC(=O)CNC[C@@H]1CCCN1c1cccnn1. The molecule has 2 N–H and O–H groups in total. The van der Waals surface area contributed by atoms with Crippen molar-refractivity contribution < 1.29 is 4.79 Å². The van der Waals surface area contributed by atoms with E-state index < -0.39 is 0 Å². The molecule has 1 amide bonds. The van der Waals surface area contributed by atoms with Crippen LogP contribution in [0, 0.1) is 0 Å². The van der Waals surface area contributed by atoms with E-state index in [2.05, 4.69) is 30.8 Å². The van der Waals surface area contributed by atoms with Gasteiger partial charge in [0.05, 0.1) is 12.7 Å². The van der Waals surface area contributed by atoms with E-state index in [-0.39, 0.29) is 18.5 Å². The fraction of sp³-hybridized carbons (Fsp3) is 0.529. The first kappa shape index (κ1) is 17.3. The fourth-order valence-electron chi connectivity index (χ4n) is 3.16. The van der Waals surface area contributed by atoms with Crippen molar-refractivity contribution in [3.05, 3.63) is 30.6 Å². The third-order valence-electron chi connectivity index (χ3n) is 4.32.